The Labute approximate surface area is 92.1 Å². The Balaban J connectivity index is 2.72. The van der Waals surface area contributed by atoms with Crippen LogP contribution < -0.4 is 5.73 Å². The van der Waals surface area contributed by atoms with Crippen LogP contribution in [0.3, 0.4) is 0 Å². The maximum absolute atomic E-state index is 9.27. The highest BCUT2D eigenvalue weighted by molar-refractivity contribution is 5.25. The molecule has 1 aromatic carbocycles. The Hall–Kier alpha value is -0.860. The standard InChI is InChI=1S/C13H21NO/c1-9(2)8-11-4-6-12(7-5-11)10(3)13(14)15/h4-7,9-10,13,15H,8,14H2,1-3H3. The van der Waals surface area contributed by atoms with E-state index in [0.717, 1.165) is 12.0 Å². The third-order valence-corrected chi connectivity index (χ3v) is 2.66. The minimum atomic E-state index is -0.777. The van der Waals surface area contributed by atoms with Crippen molar-refractivity contribution in [2.45, 2.75) is 39.3 Å². The summed E-state index contributed by atoms with van der Waals surface area (Å²) >= 11 is 0. The predicted molar refractivity (Wildman–Crippen MR) is 63.6 cm³/mol. The van der Waals surface area contributed by atoms with Crippen LogP contribution in [0.5, 0.6) is 0 Å². The molecule has 0 spiro atoms. The van der Waals surface area contributed by atoms with Crippen molar-refractivity contribution in [1.82, 2.24) is 0 Å². The lowest BCUT2D eigenvalue weighted by Crippen LogP contribution is -2.25. The highest BCUT2D eigenvalue weighted by atomic mass is 16.3. The number of hydrogen-bond donors (Lipinski definition) is 2. The molecule has 1 aromatic rings. The first-order chi connectivity index (χ1) is 7.00. The summed E-state index contributed by atoms with van der Waals surface area (Å²) in [5, 5.41) is 9.27. The molecule has 0 heterocycles. The van der Waals surface area contributed by atoms with Gasteiger partial charge >= 0.3 is 0 Å². The molecule has 2 heteroatoms. The van der Waals surface area contributed by atoms with E-state index >= 15 is 0 Å². The summed E-state index contributed by atoms with van der Waals surface area (Å²) in [6.07, 6.45) is 0.320. The molecular formula is C13H21NO. The number of nitrogens with two attached hydrogens (primary N) is 1. The molecule has 2 nitrogen and oxygen atoms in total. The molecule has 84 valence electrons. The van der Waals surface area contributed by atoms with Crippen molar-refractivity contribution in [3.8, 4) is 0 Å². The van der Waals surface area contributed by atoms with E-state index in [1.807, 2.05) is 6.92 Å². The maximum atomic E-state index is 9.27. The van der Waals surface area contributed by atoms with Crippen molar-refractivity contribution >= 4 is 0 Å². The molecule has 3 N–H and O–H groups in total. The molecule has 0 aliphatic rings. The zero-order valence-corrected chi connectivity index (χ0v) is 9.77. The Kier molecular flexibility index (Phi) is 4.30. The Morgan fingerprint density at radius 2 is 1.67 bits per heavy atom. The van der Waals surface area contributed by atoms with Gasteiger partial charge in [-0.2, -0.15) is 0 Å². The van der Waals surface area contributed by atoms with Gasteiger partial charge in [-0.05, 0) is 23.5 Å². The average molecular weight is 207 g/mol. The first-order valence-electron chi connectivity index (χ1n) is 5.53. The SMILES string of the molecule is CC(C)Cc1ccc(C(C)C(N)O)cc1. The Morgan fingerprint density at radius 3 is 2.07 bits per heavy atom. The molecule has 0 bridgehead atoms. The van der Waals surface area contributed by atoms with Crippen LogP contribution in [0.25, 0.3) is 0 Å². The summed E-state index contributed by atoms with van der Waals surface area (Å²) in [7, 11) is 0. The third-order valence-electron chi connectivity index (χ3n) is 2.66. The molecule has 15 heavy (non-hydrogen) atoms. The summed E-state index contributed by atoms with van der Waals surface area (Å²) in [6.45, 7) is 6.35. The van der Waals surface area contributed by atoms with Crippen LogP contribution in [0.15, 0.2) is 24.3 Å². The first kappa shape index (κ1) is 12.2. The smallest absolute Gasteiger partial charge is 0.109 e. The zero-order valence-electron chi connectivity index (χ0n) is 9.77. The summed E-state index contributed by atoms with van der Waals surface area (Å²) < 4.78 is 0. The molecule has 0 fully saturated rings. The van der Waals surface area contributed by atoms with Crippen molar-refractivity contribution in [2.75, 3.05) is 0 Å². The minimum Gasteiger partial charge on any atom is -0.378 e. The fourth-order valence-electron chi connectivity index (χ4n) is 1.63. The van der Waals surface area contributed by atoms with Gasteiger partial charge in [0.15, 0.2) is 0 Å². The molecular weight excluding hydrogens is 186 g/mol. The van der Waals surface area contributed by atoms with Crippen molar-refractivity contribution < 1.29 is 5.11 Å². The Bertz CT molecular complexity index is 290. The van der Waals surface area contributed by atoms with Gasteiger partial charge < -0.3 is 10.8 Å². The molecule has 0 amide bonds. The van der Waals surface area contributed by atoms with E-state index in [4.69, 9.17) is 5.73 Å². The number of aliphatic hydroxyl groups is 1. The van der Waals surface area contributed by atoms with Crippen molar-refractivity contribution in [3.63, 3.8) is 0 Å². The summed E-state index contributed by atoms with van der Waals surface area (Å²) in [4.78, 5) is 0. The van der Waals surface area contributed by atoms with Crippen LogP contribution in [0, 0.1) is 5.92 Å². The van der Waals surface area contributed by atoms with Gasteiger partial charge in [0.05, 0.1) is 0 Å². The van der Waals surface area contributed by atoms with Gasteiger partial charge in [0.25, 0.3) is 0 Å². The normalized spacial score (nSPS) is 15.3. The monoisotopic (exact) mass is 207 g/mol. The van der Waals surface area contributed by atoms with Crippen LogP contribution in [0.1, 0.15) is 37.8 Å². The maximum Gasteiger partial charge on any atom is 0.109 e. The van der Waals surface area contributed by atoms with E-state index in [1.165, 1.54) is 5.56 Å². The van der Waals surface area contributed by atoms with E-state index in [1.54, 1.807) is 0 Å². The van der Waals surface area contributed by atoms with Crippen LogP contribution in [-0.2, 0) is 6.42 Å². The molecule has 0 aromatic heterocycles. The van der Waals surface area contributed by atoms with Crippen molar-refractivity contribution in [1.29, 1.82) is 0 Å². The molecule has 0 saturated carbocycles. The fraction of sp³-hybridized carbons (Fsp3) is 0.538. The lowest BCUT2D eigenvalue weighted by atomic mass is 9.96. The number of benzene rings is 1. The topological polar surface area (TPSA) is 46.2 Å². The van der Waals surface area contributed by atoms with E-state index in [0.29, 0.717) is 5.92 Å². The molecule has 0 aliphatic heterocycles. The van der Waals surface area contributed by atoms with Gasteiger partial charge in [-0.15, -0.1) is 0 Å². The van der Waals surface area contributed by atoms with E-state index in [-0.39, 0.29) is 5.92 Å². The molecule has 2 atom stereocenters. The van der Waals surface area contributed by atoms with E-state index in [2.05, 4.69) is 38.1 Å². The molecule has 1 rings (SSSR count). The summed E-state index contributed by atoms with van der Waals surface area (Å²) in [6, 6.07) is 8.35. The highest BCUT2D eigenvalue weighted by Crippen LogP contribution is 2.18. The lowest BCUT2D eigenvalue weighted by molar-refractivity contribution is 0.156. The molecule has 0 radical (unpaired) electrons. The third kappa shape index (κ3) is 3.65. The van der Waals surface area contributed by atoms with Crippen LogP contribution in [0.2, 0.25) is 0 Å². The summed E-state index contributed by atoms with van der Waals surface area (Å²) in [5.74, 6) is 0.673. The number of aliphatic hydroxyl groups excluding tert-OH is 1. The second-order valence-electron chi connectivity index (χ2n) is 4.62. The van der Waals surface area contributed by atoms with Crippen LogP contribution >= 0.6 is 0 Å². The van der Waals surface area contributed by atoms with E-state index in [9.17, 15) is 5.11 Å². The lowest BCUT2D eigenvalue weighted by Gasteiger charge is -2.15. The van der Waals surface area contributed by atoms with Gasteiger partial charge in [-0.1, -0.05) is 45.0 Å². The quantitative estimate of drug-likeness (QED) is 0.744. The molecule has 2 unspecified atom stereocenters. The van der Waals surface area contributed by atoms with E-state index < -0.39 is 6.23 Å². The largest absolute Gasteiger partial charge is 0.378 e. The second kappa shape index (κ2) is 5.29. The average Bonchev–Trinajstić information content (AvgIpc) is 2.17. The first-order valence-corrected chi connectivity index (χ1v) is 5.53. The number of rotatable bonds is 4. The predicted octanol–water partition coefficient (Wildman–Crippen LogP) is 2.27. The van der Waals surface area contributed by atoms with Gasteiger partial charge in [0.2, 0.25) is 0 Å². The van der Waals surface area contributed by atoms with Crippen molar-refractivity contribution in [3.05, 3.63) is 35.4 Å². The number of hydrogen-bond acceptors (Lipinski definition) is 2. The summed E-state index contributed by atoms with van der Waals surface area (Å²) in [5.41, 5.74) is 7.88. The van der Waals surface area contributed by atoms with Crippen LogP contribution in [-0.4, -0.2) is 11.3 Å². The Morgan fingerprint density at radius 1 is 1.13 bits per heavy atom. The van der Waals surface area contributed by atoms with Gasteiger partial charge in [-0.25, -0.2) is 0 Å². The van der Waals surface area contributed by atoms with Gasteiger partial charge in [0, 0.05) is 5.92 Å². The second-order valence-corrected chi connectivity index (χ2v) is 4.62. The highest BCUT2D eigenvalue weighted by Gasteiger charge is 2.11. The zero-order chi connectivity index (χ0) is 11.4. The minimum absolute atomic E-state index is 0.00176. The fourth-order valence-corrected chi connectivity index (χ4v) is 1.63. The van der Waals surface area contributed by atoms with Crippen LogP contribution in [0.4, 0.5) is 0 Å². The van der Waals surface area contributed by atoms with Crippen molar-refractivity contribution in [2.24, 2.45) is 11.7 Å². The van der Waals surface area contributed by atoms with Gasteiger partial charge in [0.1, 0.15) is 6.23 Å². The molecule has 0 saturated heterocycles. The molecule has 0 aliphatic carbocycles. The van der Waals surface area contributed by atoms with Gasteiger partial charge in [-0.3, -0.25) is 0 Å².